The molecule has 7 atom stereocenters. The molecule has 6 N–H and O–H groups in total. The first-order valence-corrected chi connectivity index (χ1v) is 12.6. The molecule has 2 aromatic carbocycles. The van der Waals surface area contributed by atoms with Crippen LogP contribution >= 0.6 is 0 Å². The minimum absolute atomic E-state index is 0.0231. The number of methoxy groups -OCH3 is 3. The lowest BCUT2D eigenvalue weighted by molar-refractivity contribution is -0.302. The number of fused-ring (bicyclic) bond motifs is 1. The van der Waals surface area contributed by atoms with Crippen LogP contribution in [0.15, 0.2) is 24.3 Å². The maximum absolute atomic E-state index is 10.5. The van der Waals surface area contributed by atoms with Gasteiger partial charge < -0.3 is 59.1 Å². The molecule has 0 saturated carbocycles. The van der Waals surface area contributed by atoms with E-state index in [9.17, 15) is 30.6 Å². The summed E-state index contributed by atoms with van der Waals surface area (Å²) >= 11 is 0. The molecule has 0 amide bonds. The predicted octanol–water partition coefficient (Wildman–Crippen LogP) is 0.377. The van der Waals surface area contributed by atoms with Crippen molar-refractivity contribution in [2.45, 2.75) is 55.6 Å². The second-order valence-corrected chi connectivity index (χ2v) is 9.49. The zero-order valence-corrected chi connectivity index (χ0v) is 22.0. The highest BCUT2D eigenvalue weighted by Gasteiger charge is 2.46. The fourth-order valence-corrected chi connectivity index (χ4v) is 5.00. The molecule has 1 saturated heterocycles. The minimum atomic E-state index is -1.58. The normalized spacial score (nSPS) is 28.1. The number of ether oxygens (including phenoxy) is 6. The van der Waals surface area contributed by atoms with E-state index in [2.05, 4.69) is 0 Å². The van der Waals surface area contributed by atoms with Gasteiger partial charge in [-0.2, -0.15) is 0 Å². The van der Waals surface area contributed by atoms with Crippen molar-refractivity contribution in [2.24, 2.45) is 0 Å². The number of phenolic OH excluding ortho intramolecular Hbond substituents is 1. The topological polar surface area (TPSA) is 177 Å². The minimum Gasteiger partial charge on any atom is -0.502 e. The van der Waals surface area contributed by atoms with Gasteiger partial charge in [-0.3, -0.25) is 0 Å². The van der Waals surface area contributed by atoms with Crippen LogP contribution in [0.1, 0.15) is 35.1 Å². The first kappa shape index (κ1) is 29.2. The average Bonchev–Trinajstić information content (AvgIpc) is 3.32. The van der Waals surface area contributed by atoms with Crippen molar-refractivity contribution in [2.75, 3.05) is 41.2 Å². The summed E-state index contributed by atoms with van der Waals surface area (Å²) < 4.78 is 34.1. The van der Waals surface area contributed by atoms with Crippen LogP contribution in [0.5, 0.6) is 28.7 Å². The highest BCUT2D eigenvalue weighted by molar-refractivity contribution is 5.58. The number of aliphatic hydroxyl groups excluding tert-OH is 5. The Kier molecular flexibility index (Phi) is 9.39. The number of phenols is 1. The Morgan fingerprint density at radius 2 is 1.51 bits per heavy atom. The van der Waals surface area contributed by atoms with Crippen molar-refractivity contribution in [1.82, 2.24) is 0 Å². The van der Waals surface area contributed by atoms with Gasteiger partial charge in [0.15, 0.2) is 29.3 Å². The van der Waals surface area contributed by atoms with Crippen LogP contribution in [0, 0.1) is 0 Å². The number of aliphatic hydroxyl groups is 5. The van der Waals surface area contributed by atoms with E-state index in [0.717, 1.165) is 11.1 Å². The summed E-state index contributed by atoms with van der Waals surface area (Å²) in [6, 6.07) is 7.01. The number of hydrogen-bond acceptors (Lipinski definition) is 12. The third-order valence-electron chi connectivity index (χ3n) is 7.12. The molecule has 12 heteroatoms. The van der Waals surface area contributed by atoms with Crippen LogP contribution in [0.4, 0.5) is 0 Å². The van der Waals surface area contributed by atoms with Gasteiger partial charge in [0.1, 0.15) is 30.5 Å². The van der Waals surface area contributed by atoms with E-state index in [1.807, 2.05) is 12.1 Å². The van der Waals surface area contributed by atoms with Crippen molar-refractivity contribution in [3.63, 3.8) is 0 Å². The quantitative estimate of drug-likeness (QED) is 0.226. The Hall–Kier alpha value is -2.84. The third kappa shape index (κ3) is 5.73. The predicted molar refractivity (Wildman–Crippen MR) is 135 cm³/mol. The second-order valence-electron chi connectivity index (χ2n) is 9.49. The van der Waals surface area contributed by atoms with Crippen molar-refractivity contribution in [1.29, 1.82) is 0 Å². The lowest BCUT2D eigenvalue weighted by Gasteiger charge is -2.40. The molecule has 0 bridgehead atoms. The van der Waals surface area contributed by atoms with Gasteiger partial charge in [0, 0.05) is 17.7 Å². The maximum atomic E-state index is 10.5. The summed E-state index contributed by atoms with van der Waals surface area (Å²) in [7, 11) is 4.35. The summed E-state index contributed by atoms with van der Waals surface area (Å²) in [4.78, 5) is 0. The lowest BCUT2D eigenvalue weighted by atomic mass is 9.89. The smallest absolute Gasteiger partial charge is 0.200 e. The van der Waals surface area contributed by atoms with E-state index in [1.165, 1.54) is 21.3 Å². The highest BCUT2D eigenvalue weighted by Crippen LogP contribution is 2.53. The molecule has 0 unspecified atom stereocenters. The Morgan fingerprint density at radius 3 is 2.10 bits per heavy atom. The molecule has 0 aliphatic carbocycles. The van der Waals surface area contributed by atoms with Crippen LogP contribution in [-0.2, 0) is 15.9 Å². The van der Waals surface area contributed by atoms with E-state index >= 15 is 0 Å². The SMILES string of the molecule is COc1cc([C@H]2Oc3c(OC)cc(CCCO)cc3[C@@H]2CO[C@@H]2O[C@H](CO)[C@@H](O)[C@H](O)[C@H]2O)cc(OC)c1O. The number of aryl methyl sites for hydroxylation is 1. The fraction of sp³-hybridized carbons (Fsp3) is 0.556. The van der Waals surface area contributed by atoms with Gasteiger partial charge in [-0.05, 0) is 36.6 Å². The molecule has 216 valence electrons. The average molecular weight is 553 g/mol. The molecule has 2 heterocycles. The van der Waals surface area contributed by atoms with Crippen LogP contribution in [0.2, 0.25) is 0 Å². The summed E-state index contributed by atoms with van der Waals surface area (Å²) in [5.41, 5.74) is 2.24. The Balaban J connectivity index is 1.72. The van der Waals surface area contributed by atoms with Gasteiger partial charge in [-0.15, -0.1) is 0 Å². The molecule has 0 spiro atoms. The van der Waals surface area contributed by atoms with E-state index in [0.29, 0.717) is 29.9 Å². The summed E-state index contributed by atoms with van der Waals surface area (Å²) in [5, 5.41) is 60.1. The van der Waals surface area contributed by atoms with Gasteiger partial charge in [-0.25, -0.2) is 0 Å². The second kappa shape index (κ2) is 12.6. The van der Waals surface area contributed by atoms with Crippen molar-refractivity contribution in [3.8, 4) is 28.7 Å². The number of rotatable bonds is 11. The Bertz CT molecular complexity index is 1100. The molecule has 39 heavy (non-hydrogen) atoms. The van der Waals surface area contributed by atoms with E-state index in [1.54, 1.807) is 12.1 Å². The molecular weight excluding hydrogens is 516 g/mol. The molecule has 0 radical (unpaired) electrons. The number of aromatic hydroxyl groups is 1. The Morgan fingerprint density at radius 1 is 0.846 bits per heavy atom. The monoisotopic (exact) mass is 552 g/mol. The molecule has 2 aromatic rings. The van der Waals surface area contributed by atoms with Crippen molar-refractivity contribution >= 4 is 0 Å². The fourth-order valence-electron chi connectivity index (χ4n) is 5.00. The van der Waals surface area contributed by atoms with Crippen LogP contribution in [-0.4, -0.2) is 102 Å². The van der Waals surface area contributed by atoms with Crippen LogP contribution in [0.25, 0.3) is 0 Å². The van der Waals surface area contributed by atoms with Crippen LogP contribution in [0.3, 0.4) is 0 Å². The van der Waals surface area contributed by atoms with Gasteiger partial charge >= 0.3 is 0 Å². The van der Waals surface area contributed by atoms with Gasteiger partial charge in [-0.1, -0.05) is 6.07 Å². The largest absolute Gasteiger partial charge is 0.502 e. The molecule has 2 aliphatic rings. The van der Waals surface area contributed by atoms with Gasteiger partial charge in [0.25, 0.3) is 0 Å². The summed E-state index contributed by atoms with van der Waals surface area (Å²) in [5.74, 6) is 0.634. The lowest BCUT2D eigenvalue weighted by Crippen LogP contribution is -2.59. The molecule has 12 nitrogen and oxygen atoms in total. The molecule has 2 aliphatic heterocycles. The molecular formula is C27H36O12. The van der Waals surface area contributed by atoms with Gasteiger partial charge in [0.05, 0.1) is 40.5 Å². The molecule has 0 aromatic heterocycles. The van der Waals surface area contributed by atoms with Crippen molar-refractivity contribution < 1.29 is 59.1 Å². The van der Waals surface area contributed by atoms with E-state index < -0.39 is 49.3 Å². The van der Waals surface area contributed by atoms with Crippen LogP contribution < -0.4 is 18.9 Å². The van der Waals surface area contributed by atoms with E-state index in [4.69, 9.17) is 28.4 Å². The zero-order chi connectivity index (χ0) is 28.3. The number of benzene rings is 2. The first-order valence-electron chi connectivity index (χ1n) is 12.6. The van der Waals surface area contributed by atoms with Gasteiger partial charge in [0.2, 0.25) is 5.75 Å². The number of hydrogen-bond donors (Lipinski definition) is 6. The first-order chi connectivity index (χ1) is 18.8. The zero-order valence-electron chi connectivity index (χ0n) is 22.0. The Labute approximate surface area is 225 Å². The third-order valence-corrected chi connectivity index (χ3v) is 7.12. The molecule has 1 fully saturated rings. The highest BCUT2D eigenvalue weighted by atomic mass is 16.7. The summed E-state index contributed by atoms with van der Waals surface area (Å²) in [6.07, 6.45) is -6.67. The standard InChI is InChI=1S/C27H36O12/c1-34-17-9-14(10-18(35-2)21(17)30)25-16(12-37-27-24(33)23(32)22(31)20(11-29)38-27)15-7-13(5-4-6-28)8-19(36-3)26(15)39-25/h7-10,16,20,22-25,27-33H,4-6,11-12H2,1-3H3/t16-,20+,22+,23-,24+,25+,27+/m0/s1. The molecule has 4 rings (SSSR count). The summed E-state index contributed by atoms with van der Waals surface area (Å²) in [6.45, 7) is -0.630. The maximum Gasteiger partial charge on any atom is 0.200 e. The van der Waals surface area contributed by atoms with Crippen molar-refractivity contribution in [3.05, 3.63) is 41.0 Å². The van der Waals surface area contributed by atoms with E-state index in [-0.39, 0.29) is 30.5 Å².